The Kier molecular flexibility index (Phi) is 9.83. The minimum Gasteiger partial charge on any atom is -0.496 e. The van der Waals surface area contributed by atoms with Crippen LogP contribution in [0.4, 0.5) is 4.39 Å². The van der Waals surface area contributed by atoms with E-state index in [0.29, 0.717) is 33.3 Å². The van der Waals surface area contributed by atoms with Crippen molar-refractivity contribution in [1.82, 2.24) is 9.62 Å². The molecular formula is C30H32BrFN2O6S. The molecule has 4 rings (SSSR count). The highest BCUT2D eigenvalue weighted by molar-refractivity contribution is 9.10. The van der Waals surface area contributed by atoms with Crippen molar-refractivity contribution in [2.45, 2.75) is 37.9 Å². The fourth-order valence-corrected chi connectivity index (χ4v) is 7.92. The summed E-state index contributed by atoms with van der Waals surface area (Å²) < 4.78 is 53.8. The average Bonchev–Trinajstić information content (AvgIpc) is 3.34. The van der Waals surface area contributed by atoms with Gasteiger partial charge in [0.15, 0.2) is 0 Å². The van der Waals surface area contributed by atoms with E-state index in [2.05, 4.69) is 21.2 Å². The third kappa shape index (κ3) is 6.47. The van der Waals surface area contributed by atoms with Gasteiger partial charge in [-0.25, -0.2) is 12.8 Å². The Balaban J connectivity index is 1.91. The number of nitrogens with zero attached hydrogens (tertiary/aromatic N) is 1. The Bertz CT molecular complexity index is 1490. The molecule has 0 aromatic heterocycles. The van der Waals surface area contributed by atoms with E-state index in [0.717, 1.165) is 0 Å². The van der Waals surface area contributed by atoms with Crippen LogP contribution in [0.3, 0.4) is 0 Å². The van der Waals surface area contributed by atoms with Crippen LogP contribution >= 0.6 is 15.9 Å². The second-order valence-electron chi connectivity index (χ2n) is 9.76. The maximum atomic E-state index is 14.1. The third-order valence-corrected chi connectivity index (χ3v) is 9.86. The number of ether oxygens (including phenoxy) is 2. The molecule has 0 radical (unpaired) electrons. The van der Waals surface area contributed by atoms with Crippen LogP contribution in [0.2, 0.25) is 0 Å². The van der Waals surface area contributed by atoms with Crippen LogP contribution in [-0.2, 0) is 30.9 Å². The second kappa shape index (κ2) is 13.1. The first-order valence-corrected chi connectivity index (χ1v) is 15.5. The van der Waals surface area contributed by atoms with E-state index in [4.69, 9.17) is 9.47 Å². The molecule has 0 spiro atoms. The SMILES string of the molecule is CCCS(=O)(=O)N1C(C(=O)NCc2ccc(F)cc2)C(c2ccccc2)C(C(=O)OC)C1c1ccc(OC)c(Br)c1. The van der Waals surface area contributed by atoms with Crippen LogP contribution in [0.1, 0.15) is 42.0 Å². The second-order valence-corrected chi connectivity index (χ2v) is 12.6. The molecular weight excluding hydrogens is 615 g/mol. The molecule has 0 bridgehead atoms. The molecule has 4 atom stereocenters. The van der Waals surface area contributed by atoms with Gasteiger partial charge in [0.25, 0.3) is 0 Å². The minimum absolute atomic E-state index is 0.0421. The van der Waals surface area contributed by atoms with E-state index in [1.807, 2.05) is 0 Å². The van der Waals surface area contributed by atoms with Gasteiger partial charge in [0.2, 0.25) is 15.9 Å². The van der Waals surface area contributed by atoms with E-state index in [9.17, 15) is 22.4 Å². The number of rotatable bonds is 10. The van der Waals surface area contributed by atoms with Crippen LogP contribution < -0.4 is 10.1 Å². The van der Waals surface area contributed by atoms with Gasteiger partial charge >= 0.3 is 5.97 Å². The number of hydrogen-bond acceptors (Lipinski definition) is 6. The van der Waals surface area contributed by atoms with E-state index >= 15 is 0 Å². The summed E-state index contributed by atoms with van der Waals surface area (Å²) in [5, 5.41) is 2.83. The highest BCUT2D eigenvalue weighted by Gasteiger charge is 2.60. The number of nitrogens with one attached hydrogen (secondary N) is 1. The number of amides is 1. The molecule has 1 heterocycles. The number of methoxy groups -OCH3 is 2. The summed E-state index contributed by atoms with van der Waals surface area (Å²) in [5.74, 6) is -3.24. The highest BCUT2D eigenvalue weighted by atomic mass is 79.9. The highest BCUT2D eigenvalue weighted by Crippen LogP contribution is 2.52. The smallest absolute Gasteiger partial charge is 0.311 e. The lowest BCUT2D eigenvalue weighted by molar-refractivity contribution is -0.146. The summed E-state index contributed by atoms with van der Waals surface area (Å²) in [5.41, 5.74) is 1.76. The topological polar surface area (TPSA) is 102 Å². The number of esters is 1. The van der Waals surface area contributed by atoms with E-state index < -0.39 is 51.6 Å². The minimum atomic E-state index is -4.07. The summed E-state index contributed by atoms with van der Waals surface area (Å²) in [6.07, 6.45) is 0.306. The largest absolute Gasteiger partial charge is 0.496 e. The van der Waals surface area contributed by atoms with Gasteiger partial charge in [-0.2, -0.15) is 4.31 Å². The lowest BCUT2D eigenvalue weighted by atomic mass is 9.79. The monoisotopic (exact) mass is 646 g/mol. The van der Waals surface area contributed by atoms with Crippen molar-refractivity contribution in [2.75, 3.05) is 20.0 Å². The van der Waals surface area contributed by atoms with Gasteiger partial charge in [-0.1, -0.05) is 55.5 Å². The van der Waals surface area contributed by atoms with Gasteiger partial charge in [0.1, 0.15) is 17.6 Å². The summed E-state index contributed by atoms with van der Waals surface area (Å²) in [6, 6.07) is 17.3. The summed E-state index contributed by atoms with van der Waals surface area (Å²) >= 11 is 3.47. The molecule has 8 nitrogen and oxygen atoms in total. The maximum absolute atomic E-state index is 14.1. The first-order chi connectivity index (χ1) is 19.6. The Hall–Kier alpha value is -3.28. The zero-order chi connectivity index (χ0) is 29.7. The quantitative estimate of drug-likeness (QED) is 0.313. The molecule has 41 heavy (non-hydrogen) atoms. The Labute approximate surface area is 248 Å². The fourth-order valence-electron chi connectivity index (χ4n) is 5.46. The summed E-state index contributed by atoms with van der Waals surface area (Å²) in [7, 11) is -1.31. The molecule has 0 saturated carbocycles. The normalized spacial score (nSPS) is 20.9. The Morgan fingerprint density at radius 2 is 1.68 bits per heavy atom. The molecule has 11 heteroatoms. The van der Waals surface area contributed by atoms with E-state index in [-0.39, 0.29) is 12.3 Å². The predicted molar refractivity (Wildman–Crippen MR) is 156 cm³/mol. The fraction of sp³-hybridized carbons (Fsp3) is 0.333. The van der Waals surface area contributed by atoms with Gasteiger partial charge in [-0.15, -0.1) is 0 Å². The number of benzene rings is 3. The first kappa shape index (κ1) is 30.7. The lowest BCUT2D eigenvalue weighted by Gasteiger charge is -2.30. The van der Waals surface area contributed by atoms with Crippen molar-refractivity contribution in [3.63, 3.8) is 0 Å². The van der Waals surface area contributed by atoms with Crippen LogP contribution in [-0.4, -0.2) is 50.6 Å². The molecule has 3 aromatic carbocycles. The number of hydrogen-bond donors (Lipinski definition) is 1. The van der Waals surface area contributed by atoms with Crippen molar-refractivity contribution in [1.29, 1.82) is 0 Å². The molecule has 1 saturated heterocycles. The van der Waals surface area contributed by atoms with Crippen LogP contribution in [0.15, 0.2) is 77.3 Å². The lowest BCUT2D eigenvalue weighted by Crippen LogP contribution is -2.49. The van der Waals surface area contributed by atoms with Crippen molar-refractivity contribution in [3.05, 3.63) is 99.8 Å². The van der Waals surface area contributed by atoms with Crippen LogP contribution in [0.25, 0.3) is 0 Å². The molecule has 0 aliphatic carbocycles. The van der Waals surface area contributed by atoms with Crippen molar-refractivity contribution in [3.8, 4) is 5.75 Å². The molecule has 1 N–H and O–H groups in total. The van der Waals surface area contributed by atoms with Gasteiger partial charge in [-0.05, 0) is 63.3 Å². The van der Waals surface area contributed by atoms with Gasteiger partial charge in [0, 0.05) is 12.5 Å². The van der Waals surface area contributed by atoms with Crippen molar-refractivity contribution in [2.24, 2.45) is 5.92 Å². The third-order valence-electron chi connectivity index (χ3n) is 7.22. The number of halogens is 2. The van der Waals surface area contributed by atoms with Crippen LogP contribution in [0.5, 0.6) is 5.75 Å². The van der Waals surface area contributed by atoms with Crippen molar-refractivity contribution < 1.29 is 31.9 Å². The molecule has 218 valence electrons. The van der Waals surface area contributed by atoms with Crippen LogP contribution in [0, 0.1) is 11.7 Å². The molecule has 1 fully saturated rings. The number of sulfonamides is 1. The average molecular weight is 648 g/mol. The van der Waals surface area contributed by atoms with Gasteiger partial charge in [0.05, 0.1) is 36.4 Å². The van der Waals surface area contributed by atoms with E-state index in [1.54, 1.807) is 67.6 Å². The first-order valence-electron chi connectivity index (χ1n) is 13.1. The van der Waals surface area contributed by atoms with Gasteiger partial charge < -0.3 is 14.8 Å². The zero-order valence-corrected chi connectivity index (χ0v) is 25.3. The maximum Gasteiger partial charge on any atom is 0.311 e. The summed E-state index contributed by atoms with van der Waals surface area (Å²) in [6.45, 7) is 1.78. The summed E-state index contributed by atoms with van der Waals surface area (Å²) in [4.78, 5) is 27.6. The Morgan fingerprint density at radius 3 is 2.27 bits per heavy atom. The molecule has 1 aliphatic rings. The standard InChI is InChI=1S/C30H32BrFN2O6S/c1-4-16-41(37,38)34-27(21-12-15-24(39-2)23(31)17-21)26(30(36)40-3)25(20-8-6-5-7-9-20)28(34)29(35)33-18-19-10-13-22(32)14-11-19/h5-15,17,25-28H,4,16,18H2,1-3H3,(H,33,35). The van der Waals surface area contributed by atoms with Crippen molar-refractivity contribution >= 4 is 37.8 Å². The molecule has 4 unspecified atom stereocenters. The predicted octanol–water partition coefficient (Wildman–Crippen LogP) is 4.95. The molecule has 1 aliphatic heterocycles. The van der Waals surface area contributed by atoms with E-state index in [1.165, 1.54) is 30.7 Å². The molecule has 1 amide bonds. The van der Waals surface area contributed by atoms with Gasteiger partial charge in [-0.3, -0.25) is 9.59 Å². The molecule has 3 aromatic rings. The Morgan fingerprint density at radius 1 is 1.00 bits per heavy atom. The zero-order valence-electron chi connectivity index (χ0n) is 22.9. The number of carbonyl (C=O) groups excluding carboxylic acids is 2. The number of carbonyl (C=O) groups is 2.